The second-order valence-corrected chi connectivity index (χ2v) is 7.80. The molecule has 0 radical (unpaired) electrons. The Morgan fingerprint density at radius 1 is 1.00 bits per heavy atom. The number of rotatable bonds is 8. The summed E-state index contributed by atoms with van der Waals surface area (Å²) < 4.78 is 15.7. The average Bonchev–Trinajstić information content (AvgIpc) is 3.29. The van der Waals surface area contributed by atoms with E-state index in [0.717, 1.165) is 19.6 Å². The highest BCUT2D eigenvalue weighted by Gasteiger charge is 2.35. The summed E-state index contributed by atoms with van der Waals surface area (Å²) in [6, 6.07) is 1.37. The molecule has 0 aliphatic carbocycles. The van der Waals surface area contributed by atoms with Crippen LogP contribution in [0.4, 0.5) is 5.69 Å². The van der Waals surface area contributed by atoms with Crippen LogP contribution in [0.15, 0.2) is 6.07 Å². The topological polar surface area (TPSA) is 100 Å². The highest BCUT2D eigenvalue weighted by molar-refractivity contribution is 6.00. The third kappa shape index (κ3) is 4.59. The van der Waals surface area contributed by atoms with Gasteiger partial charge in [0.05, 0.1) is 65.5 Å². The van der Waals surface area contributed by atoms with Gasteiger partial charge in [-0.05, 0) is 0 Å². The summed E-state index contributed by atoms with van der Waals surface area (Å²) >= 11 is 0. The highest BCUT2D eigenvalue weighted by atomic mass is 16.6. The van der Waals surface area contributed by atoms with E-state index in [0.29, 0.717) is 13.1 Å². The highest BCUT2D eigenvalue weighted by Crippen LogP contribution is 2.46. The molecular formula is C20H32N4O6+2. The van der Waals surface area contributed by atoms with Crippen LogP contribution in [0.1, 0.15) is 23.2 Å². The van der Waals surface area contributed by atoms with Crippen LogP contribution >= 0.6 is 0 Å². The summed E-state index contributed by atoms with van der Waals surface area (Å²) in [5.41, 5.74) is -0.438. The Labute approximate surface area is 176 Å². The Morgan fingerprint density at radius 2 is 1.57 bits per heavy atom. The SMILES string of the molecule is COc1cc(C(=O)N2CC[NH+](CC[NH+]3CCCC3)CC2)c([N+](=O)[O-])c(OC)c1OC. The number of nitrogens with one attached hydrogen (secondary N) is 2. The van der Waals surface area contributed by atoms with E-state index in [2.05, 4.69) is 0 Å². The van der Waals surface area contributed by atoms with Gasteiger partial charge in [0.15, 0.2) is 5.75 Å². The lowest BCUT2D eigenvalue weighted by atomic mass is 10.1. The van der Waals surface area contributed by atoms with Crippen molar-refractivity contribution in [2.24, 2.45) is 0 Å². The van der Waals surface area contributed by atoms with Gasteiger partial charge in [0.25, 0.3) is 5.91 Å². The van der Waals surface area contributed by atoms with Gasteiger partial charge < -0.3 is 28.9 Å². The van der Waals surface area contributed by atoms with Gasteiger partial charge in [-0.1, -0.05) is 0 Å². The number of piperazine rings is 1. The zero-order chi connectivity index (χ0) is 21.7. The first-order valence-electron chi connectivity index (χ1n) is 10.4. The van der Waals surface area contributed by atoms with Crippen LogP contribution in [0.3, 0.4) is 0 Å². The predicted octanol–water partition coefficient (Wildman–Crippen LogP) is -1.36. The van der Waals surface area contributed by atoms with Crippen molar-refractivity contribution < 1.29 is 33.7 Å². The van der Waals surface area contributed by atoms with E-state index in [1.165, 1.54) is 64.8 Å². The zero-order valence-corrected chi connectivity index (χ0v) is 18.0. The number of nitro benzene ring substituents is 1. The lowest BCUT2D eigenvalue weighted by Crippen LogP contribution is -3.21. The molecule has 2 fully saturated rings. The largest absolute Gasteiger partial charge is 0.493 e. The number of nitro groups is 1. The second kappa shape index (κ2) is 9.94. The molecule has 3 rings (SSSR count). The third-order valence-corrected chi connectivity index (χ3v) is 6.12. The van der Waals surface area contributed by atoms with E-state index in [4.69, 9.17) is 14.2 Å². The van der Waals surface area contributed by atoms with Gasteiger partial charge in [-0.25, -0.2) is 0 Å². The van der Waals surface area contributed by atoms with Crippen LogP contribution in [0.25, 0.3) is 0 Å². The molecule has 166 valence electrons. The molecule has 1 aromatic rings. The molecule has 10 heteroatoms. The number of benzene rings is 1. The van der Waals surface area contributed by atoms with E-state index in [9.17, 15) is 14.9 Å². The maximum absolute atomic E-state index is 13.2. The number of carbonyl (C=O) groups is 1. The minimum Gasteiger partial charge on any atom is -0.493 e. The zero-order valence-electron chi connectivity index (χ0n) is 18.0. The number of quaternary nitrogens is 2. The Morgan fingerprint density at radius 3 is 2.07 bits per heavy atom. The van der Waals surface area contributed by atoms with Crippen molar-refractivity contribution in [2.75, 3.05) is 73.7 Å². The van der Waals surface area contributed by atoms with Gasteiger partial charge in [0.1, 0.15) is 18.7 Å². The number of hydrogen-bond acceptors (Lipinski definition) is 6. The van der Waals surface area contributed by atoms with E-state index in [1.54, 1.807) is 9.80 Å². The molecular weight excluding hydrogens is 392 g/mol. The van der Waals surface area contributed by atoms with Crippen molar-refractivity contribution in [2.45, 2.75) is 12.8 Å². The predicted molar refractivity (Wildman–Crippen MR) is 109 cm³/mol. The number of carbonyl (C=O) groups excluding carboxylic acids is 1. The van der Waals surface area contributed by atoms with Crippen LogP contribution in [0.2, 0.25) is 0 Å². The molecule has 2 aliphatic heterocycles. The first-order valence-corrected chi connectivity index (χ1v) is 10.4. The second-order valence-electron chi connectivity index (χ2n) is 7.80. The summed E-state index contributed by atoms with van der Waals surface area (Å²) in [7, 11) is 4.10. The molecule has 2 heterocycles. The van der Waals surface area contributed by atoms with Crippen molar-refractivity contribution in [1.82, 2.24) is 4.90 Å². The van der Waals surface area contributed by atoms with Crippen LogP contribution in [-0.4, -0.2) is 89.4 Å². The Kier molecular flexibility index (Phi) is 7.33. The fourth-order valence-corrected chi connectivity index (χ4v) is 4.41. The van der Waals surface area contributed by atoms with Crippen molar-refractivity contribution >= 4 is 11.6 Å². The molecule has 1 amide bonds. The molecule has 0 aromatic heterocycles. The van der Waals surface area contributed by atoms with Gasteiger partial charge in [-0.3, -0.25) is 14.9 Å². The normalized spacial score (nSPS) is 17.8. The molecule has 0 atom stereocenters. The van der Waals surface area contributed by atoms with Gasteiger partial charge in [0.2, 0.25) is 11.5 Å². The monoisotopic (exact) mass is 424 g/mol. The molecule has 0 bridgehead atoms. The molecule has 10 nitrogen and oxygen atoms in total. The van der Waals surface area contributed by atoms with E-state index in [1.807, 2.05) is 0 Å². The number of methoxy groups -OCH3 is 3. The van der Waals surface area contributed by atoms with Crippen molar-refractivity contribution in [3.63, 3.8) is 0 Å². The maximum atomic E-state index is 13.2. The summed E-state index contributed by atoms with van der Waals surface area (Å²) in [5, 5.41) is 11.8. The molecule has 1 aromatic carbocycles. The van der Waals surface area contributed by atoms with Gasteiger partial charge in [0, 0.05) is 18.9 Å². The summed E-state index contributed by atoms with van der Waals surface area (Å²) in [6.45, 7) is 7.62. The smallest absolute Gasteiger partial charge is 0.327 e. The van der Waals surface area contributed by atoms with E-state index >= 15 is 0 Å². The molecule has 2 aliphatic rings. The standard InChI is InChI=1S/C20H30N4O6/c1-28-16-14-15(17(24(26)27)19(30-3)18(16)29-2)20(25)23-12-10-22(11-13-23)9-8-21-6-4-5-7-21/h14H,4-13H2,1-3H3/p+2. The number of likely N-dealkylation sites (tertiary alicyclic amines) is 1. The number of nitrogens with zero attached hydrogens (tertiary/aromatic N) is 2. The van der Waals surface area contributed by atoms with Crippen LogP contribution in [0.5, 0.6) is 17.2 Å². The first kappa shape index (κ1) is 22.1. The number of amides is 1. The first-order chi connectivity index (χ1) is 14.5. The van der Waals surface area contributed by atoms with Crippen LogP contribution in [0, 0.1) is 10.1 Å². The van der Waals surface area contributed by atoms with Crippen molar-refractivity contribution in [1.29, 1.82) is 0 Å². The van der Waals surface area contributed by atoms with Crippen molar-refractivity contribution in [3.8, 4) is 17.2 Å². The maximum Gasteiger partial charge on any atom is 0.327 e. The van der Waals surface area contributed by atoms with Crippen LogP contribution in [-0.2, 0) is 0 Å². The minimum absolute atomic E-state index is 0.0422. The van der Waals surface area contributed by atoms with Crippen molar-refractivity contribution in [3.05, 3.63) is 21.7 Å². The lowest BCUT2D eigenvalue weighted by Gasteiger charge is -2.32. The molecule has 0 saturated carbocycles. The fraction of sp³-hybridized carbons (Fsp3) is 0.650. The van der Waals surface area contributed by atoms with Gasteiger partial charge in [-0.15, -0.1) is 0 Å². The van der Waals surface area contributed by atoms with Gasteiger partial charge >= 0.3 is 5.69 Å². The van der Waals surface area contributed by atoms with Crippen LogP contribution < -0.4 is 24.0 Å². The minimum atomic E-state index is -0.603. The molecule has 0 unspecified atom stereocenters. The van der Waals surface area contributed by atoms with E-state index in [-0.39, 0.29) is 28.7 Å². The fourth-order valence-electron chi connectivity index (χ4n) is 4.41. The average molecular weight is 424 g/mol. The number of hydrogen-bond donors (Lipinski definition) is 2. The Hall–Kier alpha value is -2.59. The Bertz CT molecular complexity index is 773. The molecule has 2 N–H and O–H groups in total. The lowest BCUT2D eigenvalue weighted by molar-refractivity contribution is -0.954. The van der Waals surface area contributed by atoms with Gasteiger partial charge in [-0.2, -0.15) is 0 Å². The molecule has 2 saturated heterocycles. The Balaban J connectivity index is 1.74. The summed E-state index contributed by atoms with van der Waals surface area (Å²) in [5.74, 6) is -0.170. The summed E-state index contributed by atoms with van der Waals surface area (Å²) in [4.78, 5) is 29.2. The summed E-state index contributed by atoms with van der Waals surface area (Å²) in [6.07, 6.45) is 2.64. The quantitative estimate of drug-likeness (QED) is 0.395. The molecule has 0 spiro atoms. The van der Waals surface area contributed by atoms with E-state index < -0.39 is 10.6 Å². The third-order valence-electron chi connectivity index (χ3n) is 6.12. The number of ether oxygens (including phenoxy) is 3. The molecule has 30 heavy (non-hydrogen) atoms.